The number of benzene rings is 2. The number of hydrogen-bond acceptors (Lipinski definition) is 7. The van der Waals surface area contributed by atoms with E-state index in [-0.39, 0.29) is 17.5 Å². The molecule has 34 heavy (non-hydrogen) atoms. The van der Waals surface area contributed by atoms with Crippen LogP contribution in [0.15, 0.2) is 42.5 Å². The first kappa shape index (κ1) is 25.4. The van der Waals surface area contributed by atoms with E-state index >= 15 is 0 Å². The van der Waals surface area contributed by atoms with Crippen molar-refractivity contribution in [1.29, 1.82) is 0 Å². The first-order valence-electron chi connectivity index (χ1n) is 10.8. The Bertz CT molecular complexity index is 965. The van der Waals surface area contributed by atoms with Crippen LogP contribution in [0.1, 0.15) is 36.0 Å². The summed E-state index contributed by atoms with van der Waals surface area (Å²) in [6.45, 7) is 0.499. The summed E-state index contributed by atoms with van der Waals surface area (Å²) in [5, 5.41) is 16.1. The number of ether oxygens (including phenoxy) is 3. The molecule has 11 heteroatoms. The van der Waals surface area contributed by atoms with Crippen molar-refractivity contribution < 1.29 is 37.3 Å². The third-order valence-corrected chi connectivity index (χ3v) is 5.54. The molecule has 1 unspecified atom stereocenters. The van der Waals surface area contributed by atoms with Gasteiger partial charge in [-0.3, -0.25) is 10.1 Å². The van der Waals surface area contributed by atoms with E-state index in [4.69, 9.17) is 15.2 Å². The van der Waals surface area contributed by atoms with E-state index in [2.05, 4.69) is 15.4 Å². The highest BCUT2D eigenvalue weighted by Crippen LogP contribution is 2.32. The number of rotatable bonds is 10. The van der Waals surface area contributed by atoms with Crippen LogP contribution in [0.5, 0.6) is 17.2 Å². The Balaban J connectivity index is 1.46. The molecule has 0 saturated heterocycles. The molecular formula is C23H28F3N3O5. The van der Waals surface area contributed by atoms with Gasteiger partial charge >= 0.3 is 6.36 Å². The third-order valence-electron chi connectivity index (χ3n) is 5.54. The fraction of sp³-hybridized carbons (Fsp3) is 0.435. The van der Waals surface area contributed by atoms with Gasteiger partial charge in [0.2, 0.25) is 5.91 Å². The summed E-state index contributed by atoms with van der Waals surface area (Å²) < 4.78 is 52.4. The van der Waals surface area contributed by atoms with Gasteiger partial charge in [-0.15, -0.1) is 13.2 Å². The average molecular weight is 483 g/mol. The number of aliphatic hydroxyl groups excluding tert-OH is 1. The van der Waals surface area contributed by atoms with E-state index in [1.807, 2.05) is 0 Å². The number of carbonyl (C=O) groups excluding carboxylic acids is 1. The summed E-state index contributed by atoms with van der Waals surface area (Å²) in [7, 11) is 1.37. The molecule has 3 rings (SSSR count). The lowest BCUT2D eigenvalue weighted by atomic mass is 9.86. The van der Waals surface area contributed by atoms with Crippen molar-refractivity contribution in [3.63, 3.8) is 0 Å². The van der Waals surface area contributed by atoms with E-state index in [9.17, 15) is 23.1 Å². The molecule has 0 heterocycles. The molecule has 0 aliphatic heterocycles. The quantitative estimate of drug-likeness (QED) is 0.382. The summed E-state index contributed by atoms with van der Waals surface area (Å²) in [4.78, 5) is 11.3. The van der Waals surface area contributed by atoms with Gasteiger partial charge in [-0.25, -0.2) is 0 Å². The summed E-state index contributed by atoms with van der Waals surface area (Å²) in [5.74, 6) is 0.224. The smallest absolute Gasteiger partial charge is 0.495 e. The van der Waals surface area contributed by atoms with E-state index in [1.165, 1.54) is 13.2 Å². The Morgan fingerprint density at radius 3 is 2.53 bits per heavy atom. The maximum atomic E-state index is 12.5. The molecule has 1 aliphatic carbocycles. The molecule has 0 radical (unpaired) electrons. The van der Waals surface area contributed by atoms with Crippen LogP contribution in [-0.2, 0) is 0 Å². The number of amides is 1. The summed E-state index contributed by atoms with van der Waals surface area (Å²) in [5.41, 5.74) is 5.83. The first-order valence-corrected chi connectivity index (χ1v) is 10.8. The normalized spacial score (nSPS) is 19.2. The highest BCUT2D eigenvalue weighted by Gasteiger charge is 2.31. The maximum absolute atomic E-state index is 12.5. The summed E-state index contributed by atoms with van der Waals surface area (Å²) in [6, 6.07) is 10.3. The molecule has 1 fully saturated rings. The Labute approximate surface area is 195 Å². The molecule has 1 amide bonds. The Kier molecular flexibility index (Phi) is 8.46. The van der Waals surface area contributed by atoms with Gasteiger partial charge in [0.05, 0.1) is 19.4 Å². The maximum Gasteiger partial charge on any atom is 0.573 e. The zero-order chi connectivity index (χ0) is 24.7. The first-order chi connectivity index (χ1) is 16.1. The molecule has 5 N–H and O–H groups in total. The zero-order valence-electron chi connectivity index (χ0n) is 18.6. The van der Waals surface area contributed by atoms with Gasteiger partial charge in [0, 0.05) is 17.7 Å². The Hall–Kier alpha value is -3.18. The van der Waals surface area contributed by atoms with Crippen LogP contribution in [0.25, 0.3) is 0 Å². The molecule has 0 spiro atoms. The van der Waals surface area contributed by atoms with Crippen LogP contribution in [0.4, 0.5) is 18.9 Å². The largest absolute Gasteiger partial charge is 0.573 e. The number of carbonyl (C=O) groups is 1. The molecule has 0 bridgehead atoms. The molecule has 1 saturated carbocycles. The molecule has 8 nitrogen and oxygen atoms in total. The number of anilines is 1. The minimum absolute atomic E-state index is 0.0116. The summed E-state index contributed by atoms with van der Waals surface area (Å²) in [6.07, 6.45) is -2.75. The predicted molar refractivity (Wildman–Crippen MR) is 119 cm³/mol. The van der Waals surface area contributed by atoms with E-state index < -0.39 is 24.4 Å². The van der Waals surface area contributed by atoms with E-state index in [1.54, 1.807) is 24.3 Å². The van der Waals surface area contributed by atoms with Crippen LogP contribution in [-0.4, -0.2) is 43.5 Å². The Morgan fingerprint density at radius 2 is 1.88 bits per heavy atom. The zero-order valence-corrected chi connectivity index (χ0v) is 18.6. The van der Waals surface area contributed by atoms with Crippen molar-refractivity contribution in [2.24, 2.45) is 11.7 Å². The number of halogens is 3. The van der Waals surface area contributed by atoms with Gasteiger partial charge in [0.25, 0.3) is 0 Å². The van der Waals surface area contributed by atoms with Gasteiger partial charge < -0.3 is 30.4 Å². The number of nitrogens with one attached hydrogen (secondary N) is 2. The highest BCUT2D eigenvalue weighted by molar-refractivity contribution is 5.93. The van der Waals surface area contributed by atoms with E-state index in [0.29, 0.717) is 23.8 Å². The average Bonchev–Trinajstić information content (AvgIpc) is 2.78. The number of methoxy groups -OCH3 is 1. The second-order valence-electron chi connectivity index (χ2n) is 8.04. The molecule has 1 aliphatic rings. The second-order valence-corrected chi connectivity index (χ2v) is 8.04. The summed E-state index contributed by atoms with van der Waals surface area (Å²) >= 11 is 0. The number of alkyl halides is 3. The van der Waals surface area contributed by atoms with Crippen LogP contribution in [0.2, 0.25) is 0 Å². The van der Waals surface area contributed by atoms with Gasteiger partial charge in [-0.05, 0) is 61.9 Å². The second kappa shape index (κ2) is 11.3. The minimum atomic E-state index is -4.82. The lowest BCUT2D eigenvalue weighted by Gasteiger charge is -2.31. The van der Waals surface area contributed by atoms with Gasteiger partial charge in [0.1, 0.15) is 17.2 Å². The lowest BCUT2D eigenvalue weighted by Crippen LogP contribution is -2.45. The van der Waals surface area contributed by atoms with Gasteiger partial charge in [-0.1, -0.05) is 6.07 Å². The molecule has 186 valence electrons. The van der Waals surface area contributed by atoms with Gasteiger partial charge in [-0.2, -0.15) is 0 Å². The lowest BCUT2D eigenvalue weighted by molar-refractivity contribution is -0.274. The van der Waals surface area contributed by atoms with Crippen LogP contribution >= 0.6 is 0 Å². The minimum Gasteiger partial charge on any atom is -0.495 e. The van der Waals surface area contributed by atoms with Crippen LogP contribution < -0.4 is 30.6 Å². The fourth-order valence-corrected chi connectivity index (χ4v) is 3.86. The van der Waals surface area contributed by atoms with Crippen molar-refractivity contribution in [1.82, 2.24) is 5.32 Å². The van der Waals surface area contributed by atoms with Crippen LogP contribution in [0, 0.1) is 5.92 Å². The molecular weight excluding hydrogens is 455 g/mol. The van der Waals surface area contributed by atoms with Crippen molar-refractivity contribution in [3.8, 4) is 17.2 Å². The predicted octanol–water partition coefficient (Wildman–Crippen LogP) is 3.61. The molecule has 0 aromatic heterocycles. The fourth-order valence-electron chi connectivity index (χ4n) is 3.86. The third kappa shape index (κ3) is 7.70. The molecule has 1 atom stereocenters. The van der Waals surface area contributed by atoms with Crippen LogP contribution in [0.3, 0.4) is 0 Å². The monoisotopic (exact) mass is 483 g/mol. The van der Waals surface area contributed by atoms with Crippen molar-refractivity contribution >= 4 is 11.6 Å². The number of primary amides is 1. The molecule has 2 aromatic rings. The number of nitrogens with two attached hydrogens (primary N) is 1. The van der Waals surface area contributed by atoms with Crippen molar-refractivity contribution in [3.05, 3.63) is 48.0 Å². The van der Waals surface area contributed by atoms with E-state index in [0.717, 1.165) is 37.8 Å². The Morgan fingerprint density at radius 1 is 1.15 bits per heavy atom. The number of aliphatic hydroxyl groups is 1. The number of hydrogen-bond donors (Lipinski definition) is 4. The van der Waals surface area contributed by atoms with Crippen molar-refractivity contribution in [2.75, 3.05) is 19.0 Å². The standard InChI is InChI=1S/C23H28F3N3O5/c1-32-20-10-9-18(34-23(24,25)26)12-19(20)29-22(31)28-16-7-5-14(6-8-16)13-33-17-4-2-3-15(11-17)21(27)30/h2-4,9-12,14,16,22,28-29,31H,5-8,13H2,1H3,(H2,27,30)/t14-,16-,22?. The SMILES string of the molecule is COc1ccc(OC(F)(F)F)cc1NC(O)N[C@H]1CC[C@H](COc2cccc(C(N)=O)c2)CC1. The topological polar surface area (TPSA) is 115 Å². The highest BCUT2D eigenvalue weighted by atomic mass is 19.4. The van der Waals surface area contributed by atoms with Crippen molar-refractivity contribution in [2.45, 2.75) is 44.4 Å². The molecule has 2 aromatic carbocycles. The van der Waals surface area contributed by atoms with Gasteiger partial charge in [0.15, 0.2) is 6.35 Å².